The van der Waals surface area contributed by atoms with E-state index in [1.807, 2.05) is 6.07 Å². The molecule has 0 aromatic heterocycles. The van der Waals surface area contributed by atoms with Gasteiger partial charge in [0.2, 0.25) is 0 Å². The van der Waals surface area contributed by atoms with Gasteiger partial charge < -0.3 is 9.47 Å². The maximum absolute atomic E-state index is 13.5. The number of alkyl halides is 6. The van der Waals surface area contributed by atoms with Crippen molar-refractivity contribution in [2.24, 2.45) is 0 Å². The summed E-state index contributed by atoms with van der Waals surface area (Å²) in [6.45, 7) is -0.835. The second-order valence-electron chi connectivity index (χ2n) is 6.79. The maximum Gasteiger partial charge on any atom is 0.416 e. The summed E-state index contributed by atoms with van der Waals surface area (Å²) in [4.78, 5) is 0. The summed E-state index contributed by atoms with van der Waals surface area (Å²) in [5, 5.41) is 0. The van der Waals surface area contributed by atoms with Crippen LogP contribution in [-0.2, 0) is 17.5 Å². The summed E-state index contributed by atoms with van der Waals surface area (Å²) in [6, 6.07) is 18.6. The first-order valence-electron chi connectivity index (χ1n) is 9.26. The van der Waals surface area contributed by atoms with E-state index in [2.05, 4.69) is 0 Å². The van der Waals surface area contributed by atoms with E-state index in [4.69, 9.17) is 9.47 Å². The van der Waals surface area contributed by atoms with Crippen LogP contribution in [0.15, 0.2) is 78.9 Å². The van der Waals surface area contributed by atoms with Crippen LogP contribution in [0.1, 0.15) is 22.6 Å². The third kappa shape index (κ3) is 6.49. The highest BCUT2D eigenvalue weighted by molar-refractivity contribution is 5.33. The van der Waals surface area contributed by atoms with E-state index in [1.165, 1.54) is 0 Å². The normalized spacial score (nSPS) is 13.1. The molecule has 0 saturated heterocycles. The Morgan fingerprint density at radius 3 is 1.97 bits per heavy atom. The van der Waals surface area contributed by atoms with Crippen molar-refractivity contribution in [3.05, 3.63) is 95.6 Å². The molecule has 0 unspecified atom stereocenters. The summed E-state index contributed by atoms with van der Waals surface area (Å²) in [5.41, 5.74) is -0.697. The van der Waals surface area contributed by atoms with Gasteiger partial charge in [-0.05, 0) is 47.5 Å². The SMILES string of the molecule is FC(F)(F)c1ccc([C@@H](COCc2cccc(Oc3ccccc3)c2)C(F)(F)F)cc1. The molecule has 0 radical (unpaired) electrons. The predicted molar refractivity (Wildman–Crippen MR) is 103 cm³/mol. The molecule has 0 fully saturated rings. The molecule has 3 aromatic rings. The number of para-hydroxylation sites is 1. The van der Waals surface area contributed by atoms with Crippen LogP contribution in [0.3, 0.4) is 0 Å². The molecule has 31 heavy (non-hydrogen) atoms. The van der Waals surface area contributed by atoms with Gasteiger partial charge in [0.1, 0.15) is 17.4 Å². The Balaban J connectivity index is 1.64. The molecule has 1 atom stereocenters. The predicted octanol–water partition coefficient (Wildman–Crippen LogP) is 7.36. The summed E-state index contributed by atoms with van der Waals surface area (Å²) in [6.07, 6.45) is -9.28. The third-order valence-electron chi connectivity index (χ3n) is 4.47. The van der Waals surface area contributed by atoms with Gasteiger partial charge in [0.15, 0.2) is 0 Å². The molecule has 0 amide bonds. The monoisotopic (exact) mass is 440 g/mol. The molecule has 164 valence electrons. The number of hydrogen-bond donors (Lipinski definition) is 0. The van der Waals surface area contributed by atoms with Crippen LogP contribution < -0.4 is 4.74 Å². The van der Waals surface area contributed by atoms with Crippen molar-refractivity contribution in [1.29, 1.82) is 0 Å². The van der Waals surface area contributed by atoms with Crippen molar-refractivity contribution in [2.45, 2.75) is 24.9 Å². The Morgan fingerprint density at radius 2 is 1.35 bits per heavy atom. The molecule has 0 spiro atoms. The summed E-state index contributed by atoms with van der Waals surface area (Å²) in [7, 11) is 0. The number of benzene rings is 3. The first-order valence-corrected chi connectivity index (χ1v) is 9.26. The fourth-order valence-electron chi connectivity index (χ4n) is 2.90. The average Bonchev–Trinajstić information content (AvgIpc) is 2.71. The first kappa shape index (κ1) is 22.7. The topological polar surface area (TPSA) is 18.5 Å². The summed E-state index contributed by atoms with van der Waals surface area (Å²) >= 11 is 0. The Bertz CT molecular complexity index is 966. The maximum atomic E-state index is 13.5. The molecule has 3 rings (SSSR count). The van der Waals surface area contributed by atoms with Gasteiger partial charge in [-0.2, -0.15) is 26.3 Å². The van der Waals surface area contributed by atoms with Crippen LogP contribution in [-0.4, -0.2) is 12.8 Å². The minimum Gasteiger partial charge on any atom is -0.457 e. The van der Waals surface area contributed by atoms with E-state index in [0.717, 1.165) is 12.1 Å². The lowest BCUT2D eigenvalue weighted by molar-refractivity contribution is -0.163. The minimum absolute atomic E-state index is 0.112. The van der Waals surface area contributed by atoms with E-state index < -0.39 is 30.4 Å². The van der Waals surface area contributed by atoms with Gasteiger partial charge >= 0.3 is 12.4 Å². The van der Waals surface area contributed by atoms with Crippen LogP contribution in [0.2, 0.25) is 0 Å². The summed E-state index contributed by atoms with van der Waals surface area (Å²) < 4.78 is 89.3. The fourth-order valence-corrected chi connectivity index (χ4v) is 2.90. The molecule has 0 aliphatic rings. The lowest BCUT2D eigenvalue weighted by Gasteiger charge is -2.21. The Hall–Kier alpha value is -3.00. The second kappa shape index (κ2) is 9.43. The van der Waals surface area contributed by atoms with Gasteiger partial charge in [0.05, 0.1) is 18.8 Å². The summed E-state index contributed by atoms with van der Waals surface area (Å²) in [5.74, 6) is -0.930. The van der Waals surface area contributed by atoms with E-state index in [9.17, 15) is 26.3 Å². The zero-order chi connectivity index (χ0) is 22.5. The molecule has 8 heteroatoms. The van der Waals surface area contributed by atoms with Gasteiger partial charge in [-0.25, -0.2) is 0 Å². The second-order valence-corrected chi connectivity index (χ2v) is 6.79. The van der Waals surface area contributed by atoms with Crippen molar-refractivity contribution in [3.8, 4) is 11.5 Å². The number of hydrogen-bond acceptors (Lipinski definition) is 2. The smallest absolute Gasteiger partial charge is 0.416 e. The Kier molecular flexibility index (Phi) is 6.90. The fraction of sp³-hybridized carbons (Fsp3) is 0.217. The van der Waals surface area contributed by atoms with Crippen LogP contribution in [0.4, 0.5) is 26.3 Å². The standard InChI is InChI=1S/C23H18F6O2/c24-22(25,26)18-11-9-17(10-12-18)21(23(27,28)29)15-30-14-16-5-4-8-20(13-16)31-19-6-2-1-3-7-19/h1-13,21H,14-15H2/t21-/m1/s1. The molecule has 0 N–H and O–H groups in total. The minimum atomic E-state index is -4.67. The zero-order valence-electron chi connectivity index (χ0n) is 16.1. The molecule has 2 nitrogen and oxygen atoms in total. The quantitative estimate of drug-likeness (QED) is 0.358. The van der Waals surface area contributed by atoms with Crippen molar-refractivity contribution >= 4 is 0 Å². The molecule has 0 heterocycles. The zero-order valence-corrected chi connectivity index (χ0v) is 16.1. The highest BCUT2D eigenvalue weighted by Crippen LogP contribution is 2.37. The highest BCUT2D eigenvalue weighted by atomic mass is 19.4. The van der Waals surface area contributed by atoms with Crippen molar-refractivity contribution in [3.63, 3.8) is 0 Å². The van der Waals surface area contributed by atoms with Crippen LogP contribution in [0.5, 0.6) is 11.5 Å². The van der Waals surface area contributed by atoms with Crippen molar-refractivity contribution < 1.29 is 35.8 Å². The van der Waals surface area contributed by atoms with E-state index in [0.29, 0.717) is 29.2 Å². The van der Waals surface area contributed by atoms with Gasteiger partial charge in [-0.1, -0.05) is 42.5 Å². The molecular formula is C23H18F6O2. The number of rotatable bonds is 7. The van der Waals surface area contributed by atoms with Gasteiger partial charge in [0, 0.05) is 0 Å². The third-order valence-corrected chi connectivity index (χ3v) is 4.47. The van der Waals surface area contributed by atoms with Crippen LogP contribution in [0, 0.1) is 0 Å². The van der Waals surface area contributed by atoms with Crippen molar-refractivity contribution in [1.82, 2.24) is 0 Å². The van der Waals surface area contributed by atoms with Crippen molar-refractivity contribution in [2.75, 3.05) is 6.61 Å². The Labute approximate surface area is 175 Å². The Morgan fingerprint density at radius 1 is 0.710 bits per heavy atom. The van der Waals surface area contributed by atoms with Gasteiger partial charge in [-0.3, -0.25) is 0 Å². The number of halogens is 6. The molecule has 3 aromatic carbocycles. The number of ether oxygens (including phenoxy) is 2. The molecule has 0 bridgehead atoms. The van der Waals surface area contributed by atoms with Gasteiger partial charge in [-0.15, -0.1) is 0 Å². The lowest BCUT2D eigenvalue weighted by Crippen LogP contribution is -2.25. The van der Waals surface area contributed by atoms with E-state index >= 15 is 0 Å². The van der Waals surface area contributed by atoms with Crippen LogP contribution in [0.25, 0.3) is 0 Å². The van der Waals surface area contributed by atoms with E-state index in [-0.39, 0.29) is 12.2 Å². The largest absolute Gasteiger partial charge is 0.457 e. The first-order chi connectivity index (χ1) is 14.6. The highest BCUT2D eigenvalue weighted by Gasteiger charge is 2.41. The average molecular weight is 440 g/mol. The van der Waals surface area contributed by atoms with E-state index in [1.54, 1.807) is 48.5 Å². The lowest BCUT2D eigenvalue weighted by atomic mass is 9.98. The molecule has 0 aliphatic carbocycles. The molecule has 0 saturated carbocycles. The molecular weight excluding hydrogens is 422 g/mol. The van der Waals surface area contributed by atoms with Gasteiger partial charge in [0.25, 0.3) is 0 Å². The molecule has 0 aliphatic heterocycles. The van der Waals surface area contributed by atoms with Crippen LogP contribution >= 0.6 is 0 Å².